The van der Waals surface area contributed by atoms with Crippen molar-refractivity contribution in [2.45, 2.75) is 23.8 Å². The SMILES string of the molecule is CNS(=O)(=O)c1ccc(NC2CCC(=O)NC2=O)cc1N. The Bertz CT molecular complexity index is 686. The fourth-order valence-corrected chi connectivity index (χ4v) is 2.86. The number of imide groups is 1. The van der Waals surface area contributed by atoms with Gasteiger partial charge in [-0.3, -0.25) is 14.9 Å². The van der Waals surface area contributed by atoms with Crippen molar-refractivity contribution >= 4 is 33.2 Å². The third-order valence-corrected chi connectivity index (χ3v) is 4.64. The van der Waals surface area contributed by atoms with E-state index in [1.807, 2.05) is 0 Å². The van der Waals surface area contributed by atoms with Gasteiger partial charge in [0.1, 0.15) is 10.9 Å². The molecule has 1 aliphatic rings. The highest BCUT2D eigenvalue weighted by Crippen LogP contribution is 2.23. The number of piperidine rings is 1. The minimum atomic E-state index is -3.62. The van der Waals surface area contributed by atoms with E-state index >= 15 is 0 Å². The van der Waals surface area contributed by atoms with E-state index < -0.39 is 22.0 Å². The normalized spacial score (nSPS) is 19.2. The summed E-state index contributed by atoms with van der Waals surface area (Å²) in [5, 5.41) is 5.16. The second-order valence-electron chi connectivity index (χ2n) is 4.61. The molecule has 1 atom stereocenters. The Labute approximate surface area is 122 Å². The molecule has 0 saturated carbocycles. The van der Waals surface area contributed by atoms with Gasteiger partial charge in [0.15, 0.2) is 0 Å². The summed E-state index contributed by atoms with van der Waals surface area (Å²) in [5.41, 5.74) is 6.31. The number of nitrogens with one attached hydrogen (secondary N) is 3. The average Bonchev–Trinajstić information content (AvgIpc) is 2.42. The quantitative estimate of drug-likeness (QED) is 0.433. The summed E-state index contributed by atoms with van der Waals surface area (Å²) in [6.45, 7) is 0. The van der Waals surface area contributed by atoms with Crippen LogP contribution in [0.2, 0.25) is 0 Å². The van der Waals surface area contributed by atoms with Gasteiger partial charge in [0.25, 0.3) is 0 Å². The summed E-state index contributed by atoms with van der Waals surface area (Å²) >= 11 is 0. The Morgan fingerprint density at radius 1 is 1.33 bits per heavy atom. The molecule has 0 spiro atoms. The van der Waals surface area contributed by atoms with Gasteiger partial charge in [-0.25, -0.2) is 13.1 Å². The highest BCUT2D eigenvalue weighted by atomic mass is 32.2. The van der Waals surface area contributed by atoms with E-state index in [1.165, 1.54) is 25.2 Å². The minimum Gasteiger partial charge on any atom is -0.398 e. The maximum absolute atomic E-state index is 11.7. The highest BCUT2D eigenvalue weighted by Gasteiger charge is 2.26. The number of nitrogens with two attached hydrogens (primary N) is 1. The van der Waals surface area contributed by atoms with Gasteiger partial charge in [-0.2, -0.15) is 0 Å². The van der Waals surface area contributed by atoms with E-state index in [1.54, 1.807) is 0 Å². The van der Waals surface area contributed by atoms with Gasteiger partial charge in [0.2, 0.25) is 21.8 Å². The van der Waals surface area contributed by atoms with Crippen LogP contribution in [0.15, 0.2) is 23.1 Å². The lowest BCUT2D eigenvalue weighted by Crippen LogP contribution is -2.47. The van der Waals surface area contributed by atoms with Crippen LogP contribution in [-0.2, 0) is 19.6 Å². The van der Waals surface area contributed by atoms with Crippen molar-refractivity contribution < 1.29 is 18.0 Å². The van der Waals surface area contributed by atoms with Gasteiger partial charge in [0.05, 0.1) is 5.69 Å². The maximum Gasteiger partial charge on any atom is 0.249 e. The van der Waals surface area contributed by atoms with Crippen molar-refractivity contribution in [1.82, 2.24) is 10.0 Å². The lowest BCUT2D eigenvalue weighted by molar-refractivity contribution is -0.133. The van der Waals surface area contributed by atoms with Gasteiger partial charge in [-0.1, -0.05) is 0 Å². The molecule has 2 rings (SSSR count). The van der Waals surface area contributed by atoms with Gasteiger partial charge >= 0.3 is 0 Å². The monoisotopic (exact) mass is 312 g/mol. The zero-order valence-electron chi connectivity index (χ0n) is 11.3. The summed E-state index contributed by atoms with van der Waals surface area (Å²) in [6.07, 6.45) is 0.631. The molecule has 1 aromatic rings. The Balaban J connectivity index is 2.18. The average molecular weight is 312 g/mol. The number of rotatable bonds is 4. The molecule has 2 amide bonds. The summed E-state index contributed by atoms with van der Waals surface area (Å²) in [4.78, 5) is 22.7. The van der Waals surface area contributed by atoms with Crippen LogP contribution in [0.4, 0.5) is 11.4 Å². The van der Waals surface area contributed by atoms with E-state index in [-0.39, 0.29) is 22.9 Å². The third-order valence-electron chi connectivity index (χ3n) is 3.15. The molecule has 8 nitrogen and oxygen atoms in total. The van der Waals surface area contributed by atoms with E-state index in [4.69, 9.17) is 5.73 Å². The van der Waals surface area contributed by atoms with E-state index in [0.717, 1.165) is 0 Å². The van der Waals surface area contributed by atoms with E-state index in [2.05, 4.69) is 15.4 Å². The number of benzene rings is 1. The molecular formula is C12H16N4O4S. The van der Waals surface area contributed by atoms with E-state index in [9.17, 15) is 18.0 Å². The molecule has 5 N–H and O–H groups in total. The second-order valence-corrected chi connectivity index (χ2v) is 6.46. The van der Waals surface area contributed by atoms with Crippen molar-refractivity contribution in [3.05, 3.63) is 18.2 Å². The van der Waals surface area contributed by atoms with Crippen LogP contribution in [0, 0.1) is 0 Å². The molecule has 9 heteroatoms. The molecule has 1 aliphatic heterocycles. The van der Waals surface area contributed by atoms with Crippen LogP contribution in [0.5, 0.6) is 0 Å². The molecule has 0 aliphatic carbocycles. The lowest BCUT2D eigenvalue weighted by atomic mass is 10.1. The van der Waals surface area contributed by atoms with Gasteiger partial charge in [0, 0.05) is 12.1 Å². The van der Waals surface area contributed by atoms with Crippen LogP contribution in [0.3, 0.4) is 0 Å². The first-order valence-corrected chi connectivity index (χ1v) is 7.75. The Hall–Kier alpha value is -2.13. The fourth-order valence-electron chi connectivity index (χ4n) is 2.03. The summed E-state index contributed by atoms with van der Waals surface area (Å²) in [7, 11) is -2.33. The van der Waals surface area contributed by atoms with Crippen LogP contribution in [-0.4, -0.2) is 33.3 Å². The molecule has 114 valence electrons. The van der Waals surface area contributed by atoms with Crippen molar-refractivity contribution in [2.75, 3.05) is 18.1 Å². The van der Waals surface area contributed by atoms with Crippen molar-refractivity contribution in [1.29, 1.82) is 0 Å². The highest BCUT2D eigenvalue weighted by molar-refractivity contribution is 7.89. The molecule has 1 saturated heterocycles. The van der Waals surface area contributed by atoms with E-state index in [0.29, 0.717) is 12.1 Å². The number of anilines is 2. The Kier molecular flexibility index (Phi) is 4.14. The smallest absolute Gasteiger partial charge is 0.249 e. The number of hydrogen-bond acceptors (Lipinski definition) is 6. The zero-order valence-corrected chi connectivity index (χ0v) is 12.2. The van der Waals surface area contributed by atoms with Crippen LogP contribution in [0.1, 0.15) is 12.8 Å². The molecule has 1 heterocycles. The first-order valence-electron chi connectivity index (χ1n) is 6.27. The Morgan fingerprint density at radius 2 is 2.05 bits per heavy atom. The van der Waals surface area contributed by atoms with Gasteiger partial charge in [-0.05, 0) is 31.7 Å². The standard InChI is InChI=1S/C12H16N4O4S/c1-14-21(19,20)10-4-2-7(6-8(10)13)15-9-3-5-11(17)16-12(9)18/h2,4,6,9,14-15H,3,5,13H2,1H3,(H,16,17,18). The predicted molar refractivity (Wildman–Crippen MR) is 76.9 cm³/mol. The molecular weight excluding hydrogens is 296 g/mol. The molecule has 1 aromatic carbocycles. The molecule has 1 fully saturated rings. The minimum absolute atomic E-state index is 0.0289. The number of hydrogen-bond donors (Lipinski definition) is 4. The number of carbonyl (C=O) groups excluding carboxylic acids is 2. The number of sulfonamides is 1. The molecule has 21 heavy (non-hydrogen) atoms. The molecule has 0 radical (unpaired) electrons. The topological polar surface area (TPSA) is 130 Å². The molecule has 0 bridgehead atoms. The van der Waals surface area contributed by atoms with Crippen LogP contribution in [0.25, 0.3) is 0 Å². The zero-order chi connectivity index (χ0) is 15.6. The summed E-state index contributed by atoms with van der Waals surface area (Å²) in [6, 6.07) is 3.77. The van der Waals surface area contributed by atoms with Crippen molar-refractivity contribution in [3.8, 4) is 0 Å². The van der Waals surface area contributed by atoms with Crippen molar-refractivity contribution in [3.63, 3.8) is 0 Å². The van der Waals surface area contributed by atoms with Crippen LogP contribution < -0.4 is 21.1 Å². The third kappa shape index (κ3) is 3.31. The fraction of sp³-hybridized carbons (Fsp3) is 0.333. The first kappa shape index (κ1) is 15.3. The van der Waals surface area contributed by atoms with Gasteiger partial charge < -0.3 is 11.1 Å². The summed E-state index contributed by atoms with van der Waals surface area (Å²) < 4.78 is 25.6. The maximum atomic E-state index is 11.7. The predicted octanol–water partition coefficient (Wildman–Crippen LogP) is -0.606. The number of amides is 2. The lowest BCUT2D eigenvalue weighted by Gasteiger charge is -2.23. The number of carbonyl (C=O) groups is 2. The molecule has 1 unspecified atom stereocenters. The largest absolute Gasteiger partial charge is 0.398 e. The Morgan fingerprint density at radius 3 is 2.62 bits per heavy atom. The second kappa shape index (κ2) is 5.70. The summed E-state index contributed by atoms with van der Waals surface area (Å²) in [5.74, 6) is -0.704. The molecule has 0 aromatic heterocycles. The van der Waals surface area contributed by atoms with Crippen molar-refractivity contribution in [2.24, 2.45) is 0 Å². The van der Waals surface area contributed by atoms with Gasteiger partial charge in [-0.15, -0.1) is 0 Å². The number of nitrogen functional groups attached to an aromatic ring is 1. The van der Waals surface area contributed by atoms with Crippen LogP contribution >= 0.6 is 0 Å². The first-order chi connectivity index (χ1) is 9.83.